The Hall–Kier alpha value is -6.60. The Labute approximate surface area is 346 Å². The van der Waals surface area contributed by atoms with Gasteiger partial charge in [0.05, 0.1) is 28.4 Å². The van der Waals surface area contributed by atoms with Gasteiger partial charge >= 0.3 is 0 Å². The van der Waals surface area contributed by atoms with Gasteiger partial charge in [0.1, 0.15) is 5.75 Å². The zero-order chi connectivity index (χ0) is 38.4. The van der Waals surface area contributed by atoms with Crippen molar-refractivity contribution in [2.75, 3.05) is 0 Å². The van der Waals surface area contributed by atoms with Crippen molar-refractivity contribution in [3.05, 3.63) is 181 Å². The number of aromatic nitrogens is 3. The number of nitrogens with zero attached hydrogens (tertiary/aromatic N) is 4. The van der Waals surface area contributed by atoms with E-state index in [4.69, 9.17) is 9.97 Å². The number of pyridine rings is 2. The number of fused-ring (bicyclic) bond motifs is 3. The molecule has 278 valence electrons. The number of aromatic hydroxyl groups is 1. The van der Waals surface area contributed by atoms with Gasteiger partial charge in [-0.2, -0.15) is 5.26 Å². The van der Waals surface area contributed by atoms with Crippen molar-refractivity contribution in [2.45, 2.75) is 26.2 Å². The molecule has 9 rings (SSSR count). The van der Waals surface area contributed by atoms with E-state index in [2.05, 4.69) is 128 Å². The molecule has 57 heavy (non-hydrogen) atoms. The van der Waals surface area contributed by atoms with Crippen molar-refractivity contribution in [2.24, 2.45) is 0 Å². The van der Waals surface area contributed by atoms with Gasteiger partial charge in [0.2, 0.25) is 0 Å². The van der Waals surface area contributed by atoms with E-state index in [0.29, 0.717) is 16.8 Å². The summed E-state index contributed by atoms with van der Waals surface area (Å²) >= 11 is 0. The Morgan fingerprint density at radius 3 is 2.00 bits per heavy atom. The Morgan fingerprint density at radius 1 is 0.614 bits per heavy atom. The molecule has 0 bridgehead atoms. The zero-order valence-corrected chi connectivity index (χ0v) is 33.9. The monoisotopic (exact) mass is 916 g/mol. The third-order valence-corrected chi connectivity index (χ3v) is 10.5. The Balaban J connectivity index is 0.00000455. The smallest absolute Gasteiger partial charge is 0.124 e. The quantitative estimate of drug-likeness (QED) is 0.169. The maximum Gasteiger partial charge on any atom is 0.124 e. The Bertz CT molecular complexity index is 2990. The van der Waals surface area contributed by atoms with E-state index in [0.717, 1.165) is 72.3 Å². The van der Waals surface area contributed by atoms with Crippen LogP contribution in [0.25, 0.3) is 83.5 Å². The van der Waals surface area contributed by atoms with E-state index in [1.54, 1.807) is 6.07 Å². The molecule has 3 heterocycles. The van der Waals surface area contributed by atoms with Crippen LogP contribution >= 0.6 is 0 Å². The normalized spacial score (nSPS) is 11.3. The summed E-state index contributed by atoms with van der Waals surface area (Å²) in [7, 11) is 0. The molecule has 0 unspecified atom stereocenters. The molecule has 0 radical (unpaired) electrons. The van der Waals surface area contributed by atoms with Crippen LogP contribution < -0.4 is 0 Å². The second kappa shape index (κ2) is 15.1. The minimum Gasteiger partial charge on any atom is -0.507 e. The standard InChI is InChI=1S/C51H37N4O.Pt/c1-51(2,3)37-26-27-53-45(31-37)34-12-10-13-35(28-34)46-29-36(30-47(54-46)44-17-7-9-21-49(44)56)39-14-4-5-15-40(39)42-18-11-19-43-41-16-6-8-20-48(41)55(50(42)43)38-24-22-33(32-52)23-25-38;/h4-27,29-31,56H,1-3H3;/q-1;. The van der Waals surface area contributed by atoms with E-state index in [9.17, 15) is 10.4 Å². The Kier molecular flexibility index (Phi) is 9.92. The predicted octanol–water partition coefficient (Wildman–Crippen LogP) is 12.6. The maximum atomic E-state index is 11.1. The van der Waals surface area contributed by atoms with Crippen LogP contribution in [0.5, 0.6) is 5.75 Å². The van der Waals surface area contributed by atoms with Crippen LogP contribution in [0.2, 0.25) is 0 Å². The topological polar surface area (TPSA) is 74.7 Å². The molecule has 3 aromatic heterocycles. The summed E-state index contributed by atoms with van der Waals surface area (Å²) in [6.45, 7) is 6.60. The van der Waals surface area contributed by atoms with Crippen LogP contribution in [0.3, 0.4) is 0 Å². The molecule has 0 saturated heterocycles. The number of hydrogen-bond acceptors (Lipinski definition) is 4. The van der Waals surface area contributed by atoms with Crippen molar-refractivity contribution in [1.29, 1.82) is 5.26 Å². The number of nitriles is 1. The van der Waals surface area contributed by atoms with Crippen molar-refractivity contribution in [3.8, 4) is 73.5 Å². The summed E-state index contributed by atoms with van der Waals surface area (Å²) in [5.74, 6) is 0.161. The summed E-state index contributed by atoms with van der Waals surface area (Å²) in [6, 6.07) is 58.9. The van der Waals surface area contributed by atoms with Gasteiger partial charge in [-0.1, -0.05) is 117 Å². The molecule has 0 fully saturated rings. The van der Waals surface area contributed by atoms with E-state index < -0.39 is 0 Å². The van der Waals surface area contributed by atoms with E-state index in [1.807, 2.05) is 66.9 Å². The van der Waals surface area contributed by atoms with Crippen LogP contribution in [0, 0.1) is 17.4 Å². The molecular weight excluding hydrogens is 880 g/mol. The first-order valence-electron chi connectivity index (χ1n) is 18.7. The molecule has 0 saturated carbocycles. The number of phenols is 1. The molecule has 6 aromatic carbocycles. The second-order valence-corrected chi connectivity index (χ2v) is 15.1. The van der Waals surface area contributed by atoms with Gasteiger partial charge in [0.25, 0.3) is 0 Å². The molecule has 5 nitrogen and oxygen atoms in total. The van der Waals surface area contributed by atoms with Gasteiger partial charge in [-0.05, 0) is 82.3 Å². The van der Waals surface area contributed by atoms with E-state index in [1.165, 1.54) is 5.56 Å². The summed E-state index contributed by atoms with van der Waals surface area (Å²) in [5.41, 5.74) is 13.6. The number of benzene rings is 6. The number of phenolic OH excluding ortho intramolecular Hbond substituents is 1. The fraction of sp³-hybridized carbons (Fsp3) is 0.0784. The summed E-state index contributed by atoms with van der Waals surface area (Å²) in [6.07, 6.45) is 1.86. The fourth-order valence-electron chi connectivity index (χ4n) is 7.62. The van der Waals surface area contributed by atoms with Crippen LogP contribution in [0.1, 0.15) is 31.9 Å². The van der Waals surface area contributed by atoms with Crippen molar-refractivity contribution in [1.82, 2.24) is 14.5 Å². The molecule has 6 heteroatoms. The van der Waals surface area contributed by atoms with Gasteiger partial charge < -0.3 is 9.67 Å². The first-order valence-corrected chi connectivity index (χ1v) is 18.7. The summed E-state index contributed by atoms with van der Waals surface area (Å²) < 4.78 is 2.30. The van der Waals surface area contributed by atoms with Crippen LogP contribution in [0.15, 0.2) is 164 Å². The first kappa shape index (κ1) is 37.3. The maximum absolute atomic E-state index is 11.1. The molecular formula is C51H37N4OPt-. The average Bonchev–Trinajstić information content (AvgIpc) is 3.58. The van der Waals surface area contributed by atoms with Crippen LogP contribution in [-0.4, -0.2) is 19.6 Å². The zero-order valence-electron chi connectivity index (χ0n) is 31.6. The fourth-order valence-corrected chi connectivity index (χ4v) is 7.62. The third kappa shape index (κ3) is 6.95. The number of rotatable bonds is 6. The largest absolute Gasteiger partial charge is 0.507 e. The predicted molar refractivity (Wildman–Crippen MR) is 227 cm³/mol. The molecule has 0 spiro atoms. The molecule has 0 aliphatic carbocycles. The minimum absolute atomic E-state index is 0. The van der Waals surface area contributed by atoms with Gasteiger partial charge in [-0.3, -0.25) is 9.97 Å². The third-order valence-electron chi connectivity index (χ3n) is 10.5. The average molecular weight is 917 g/mol. The van der Waals surface area contributed by atoms with E-state index in [-0.39, 0.29) is 32.2 Å². The SMILES string of the molecule is CC(C)(C)c1ccnc(-c2[c-]c(-c3cc(-c4ccccc4-c4cccc5c6ccccc6n(-c6ccc(C#N)cc6)c45)cc(-c4ccccc4O)n3)ccc2)c1.[Pt]. The molecule has 0 atom stereocenters. The molecule has 0 amide bonds. The molecule has 9 aromatic rings. The van der Waals surface area contributed by atoms with Crippen molar-refractivity contribution < 1.29 is 26.2 Å². The first-order chi connectivity index (χ1) is 27.3. The van der Waals surface area contributed by atoms with Gasteiger partial charge in [0, 0.05) is 66.2 Å². The number of para-hydroxylation sites is 3. The van der Waals surface area contributed by atoms with E-state index >= 15 is 0 Å². The van der Waals surface area contributed by atoms with Crippen LogP contribution in [-0.2, 0) is 26.5 Å². The van der Waals surface area contributed by atoms with Crippen LogP contribution in [0.4, 0.5) is 0 Å². The van der Waals surface area contributed by atoms with Gasteiger partial charge in [-0.25, -0.2) is 0 Å². The molecule has 0 aliphatic heterocycles. The molecule has 0 aliphatic rings. The number of hydrogen-bond donors (Lipinski definition) is 1. The Morgan fingerprint density at radius 2 is 1.25 bits per heavy atom. The van der Waals surface area contributed by atoms with Gasteiger partial charge in [0.15, 0.2) is 0 Å². The van der Waals surface area contributed by atoms with Crippen molar-refractivity contribution >= 4 is 21.8 Å². The van der Waals surface area contributed by atoms with Gasteiger partial charge in [-0.15, -0.1) is 24.3 Å². The second-order valence-electron chi connectivity index (χ2n) is 15.1. The van der Waals surface area contributed by atoms with Crippen molar-refractivity contribution in [3.63, 3.8) is 0 Å². The minimum atomic E-state index is -0.0219. The molecule has 1 N–H and O–H groups in total. The summed E-state index contributed by atoms with van der Waals surface area (Å²) in [4.78, 5) is 9.88. The summed E-state index contributed by atoms with van der Waals surface area (Å²) in [5, 5.41) is 22.9.